The first kappa shape index (κ1) is 20.2. The largest absolute Gasteiger partial charge is 0.512 e. The number of carbonyl (C=O) groups excluding carboxylic acids is 2. The third kappa shape index (κ3) is 3.68. The van der Waals surface area contributed by atoms with E-state index >= 15 is 0 Å². The highest BCUT2D eigenvalue weighted by Gasteiger charge is 2.49. The van der Waals surface area contributed by atoms with Gasteiger partial charge in [0.15, 0.2) is 5.78 Å². The number of carbonyl (C=O) groups is 2. The fraction of sp³-hybridized carbons (Fsp3) is 0.524. The molecule has 0 saturated carbocycles. The Balaban J connectivity index is 2.58. The zero-order chi connectivity index (χ0) is 19.6. The molecule has 0 amide bonds. The SMILES string of the molecule is CCN(CC)c1ccc([C@@H]2C(C(C)=O)=C(O)C[C@@](C)(O)[C@@H]2C(C)=O)cc1. The third-order valence-electron chi connectivity index (χ3n) is 5.35. The van der Waals surface area contributed by atoms with Crippen molar-refractivity contribution in [3.8, 4) is 0 Å². The lowest BCUT2D eigenvalue weighted by atomic mass is 9.64. The Kier molecular flexibility index (Phi) is 5.91. The minimum absolute atomic E-state index is 0.0970. The highest BCUT2D eigenvalue weighted by molar-refractivity contribution is 5.97. The maximum atomic E-state index is 12.4. The van der Waals surface area contributed by atoms with Crippen LogP contribution in [0.1, 0.15) is 52.5 Å². The first-order chi connectivity index (χ1) is 12.1. The number of benzene rings is 1. The van der Waals surface area contributed by atoms with Crippen LogP contribution in [-0.2, 0) is 9.59 Å². The van der Waals surface area contributed by atoms with Crippen molar-refractivity contribution < 1.29 is 19.8 Å². The Morgan fingerprint density at radius 3 is 2.12 bits per heavy atom. The average molecular weight is 359 g/mol. The lowest BCUT2D eigenvalue weighted by Crippen LogP contribution is -2.47. The first-order valence-corrected chi connectivity index (χ1v) is 9.14. The zero-order valence-corrected chi connectivity index (χ0v) is 16.2. The summed E-state index contributed by atoms with van der Waals surface area (Å²) in [6, 6.07) is 7.67. The number of ketones is 2. The van der Waals surface area contributed by atoms with E-state index in [2.05, 4.69) is 18.7 Å². The van der Waals surface area contributed by atoms with Gasteiger partial charge in [0.1, 0.15) is 11.5 Å². The molecular formula is C21H29NO4. The molecule has 0 unspecified atom stereocenters. The van der Waals surface area contributed by atoms with E-state index in [0.717, 1.165) is 24.3 Å². The van der Waals surface area contributed by atoms with Crippen molar-refractivity contribution >= 4 is 17.3 Å². The summed E-state index contributed by atoms with van der Waals surface area (Å²) < 4.78 is 0. The van der Waals surface area contributed by atoms with E-state index in [1.54, 1.807) is 6.92 Å². The van der Waals surface area contributed by atoms with Crippen molar-refractivity contribution in [3.63, 3.8) is 0 Å². The van der Waals surface area contributed by atoms with Crippen molar-refractivity contribution in [2.24, 2.45) is 5.92 Å². The number of hydrogen-bond donors (Lipinski definition) is 2. The molecule has 0 heterocycles. The maximum Gasteiger partial charge on any atom is 0.159 e. The molecule has 5 nitrogen and oxygen atoms in total. The number of anilines is 1. The average Bonchev–Trinajstić information content (AvgIpc) is 2.54. The summed E-state index contributed by atoms with van der Waals surface area (Å²) in [5.74, 6) is -2.03. The fourth-order valence-electron chi connectivity index (χ4n) is 4.18. The van der Waals surface area contributed by atoms with E-state index in [-0.39, 0.29) is 29.3 Å². The Bertz CT molecular complexity index is 714. The molecule has 0 radical (unpaired) electrons. The molecule has 3 atom stereocenters. The van der Waals surface area contributed by atoms with Gasteiger partial charge >= 0.3 is 0 Å². The van der Waals surface area contributed by atoms with Gasteiger partial charge in [0.25, 0.3) is 0 Å². The summed E-state index contributed by atoms with van der Waals surface area (Å²) in [7, 11) is 0. The molecule has 1 aliphatic rings. The summed E-state index contributed by atoms with van der Waals surface area (Å²) in [5.41, 5.74) is 0.625. The zero-order valence-electron chi connectivity index (χ0n) is 16.2. The van der Waals surface area contributed by atoms with Crippen molar-refractivity contribution in [1.29, 1.82) is 0 Å². The van der Waals surface area contributed by atoms with Gasteiger partial charge < -0.3 is 15.1 Å². The van der Waals surface area contributed by atoms with Gasteiger partial charge in [-0.15, -0.1) is 0 Å². The number of rotatable bonds is 6. The number of nitrogens with zero attached hydrogens (tertiary/aromatic N) is 1. The first-order valence-electron chi connectivity index (χ1n) is 9.14. The monoisotopic (exact) mass is 359 g/mol. The Morgan fingerprint density at radius 1 is 1.15 bits per heavy atom. The summed E-state index contributed by atoms with van der Waals surface area (Å²) in [6.07, 6.45) is -0.0970. The molecule has 1 aromatic carbocycles. The van der Waals surface area contributed by atoms with Gasteiger partial charge in [0.05, 0.1) is 11.5 Å². The van der Waals surface area contributed by atoms with E-state index in [4.69, 9.17) is 0 Å². The van der Waals surface area contributed by atoms with Crippen LogP contribution in [0.15, 0.2) is 35.6 Å². The predicted molar refractivity (Wildman–Crippen MR) is 102 cm³/mol. The number of allylic oxidation sites excluding steroid dienone is 1. The van der Waals surface area contributed by atoms with Gasteiger partial charge in [-0.25, -0.2) is 0 Å². The molecule has 1 aliphatic carbocycles. The molecule has 2 rings (SSSR count). The molecule has 5 heteroatoms. The number of hydrogen-bond acceptors (Lipinski definition) is 5. The van der Waals surface area contributed by atoms with Crippen LogP contribution in [0.5, 0.6) is 0 Å². The minimum atomic E-state index is -1.41. The lowest BCUT2D eigenvalue weighted by Gasteiger charge is -2.42. The Hall–Kier alpha value is -2.14. The van der Waals surface area contributed by atoms with Crippen LogP contribution in [-0.4, -0.2) is 40.5 Å². The van der Waals surface area contributed by atoms with Crippen molar-refractivity contribution in [2.45, 2.75) is 52.6 Å². The smallest absolute Gasteiger partial charge is 0.159 e. The summed E-state index contributed by atoms with van der Waals surface area (Å²) in [5, 5.41) is 21.2. The molecule has 0 aliphatic heterocycles. The minimum Gasteiger partial charge on any atom is -0.512 e. The molecule has 0 fully saturated rings. The van der Waals surface area contributed by atoms with Gasteiger partial charge in [-0.05, 0) is 52.3 Å². The summed E-state index contributed by atoms with van der Waals surface area (Å²) in [6.45, 7) is 10.3. The van der Waals surface area contributed by atoms with Gasteiger partial charge in [-0.1, -0.05) is 12.1 Å². The molecule has 26 heavy (non-hydrogen) atoms. The van der Waals surface area contributed by atoms with E-state index in [1.165, 1.54) is 13.8 Å². The Labute approximate surface area is 155 Å². The molecule has 0 aromatic heterocycles. The van der Waals surface area contributed by atoms with Crippen LogP contribution in [0.25, 0.3) is 0 Å². The second kappa shape index (κ2) is 7.62. The van der Waals surface area contributed by atoms with Gasteiger partial charge in [0.2, 0.25) is 0 Å². The number of aliphatic hydroxyl groups excluding tert-OH is 1. The van der Waals surface area contributed by atoms with Gasteiger partial charge in [-0.2, -0.15) is 0 Å². The van der Waals surface area contributed by atoms with E-state index < -0.39 is 17.4 Å². The predicted octanol–water partition coefficient (Wildman–Crippen LogP) is 3.38. The summed E-state index contributed by atoms with van der Waals surface area (Å²) in [4.78, 5) is 26.8. The van der Waals surface area contributed by atoms with Gasteiger partial charge in [-0.3, -0.25) is 9.59 Å². The van der Waals surface area contributed by atoms with Crippen molar-refractivity contribution in [2.75, 3.05) is 18.0 Å². The molecule has 0 bridgehead atoms. The molecular weight excluding hydrogens is 330 g/mol. The van der Waals surface area contributed by atoms with Crippen LogP contribution in [0, 0.1) is 5.92 Å². The van der Waals surface area contributed by atoms with Crippen molar-refractivity contribution in [3.05, 3.63) is 41.2 Å². The summed E-state index contributed by atoms with van der Waals surface area (Å²) >= 11 is 0. The fourth-order valence-corrected chi connectivity index (χ4v) is 4.18. The standard InChI is InChI=1S/C21H29NO4/c1-6-22(7-2)16-10-8-15(9-11-16)19-18(13(3)23)17(25)12-21(5,26)20(19)14(4)24/h8-11,19-20,25-26H,6-7,12H2,1-5H3/t19-,20-,21-/m1/s1. The molecule has 2 N–H and O–H groups in total. The number of aliphatic hydroxyl groups is 2. The van der Waals surface area contributed by atoms with Crippen LogP contribution in [0.4, 0.5) is 5.69 Å². The van der Waals surface area contributed by atoms with Crippen molar-refractivity contribution in [1.82, 2.24) is 0 Å². The molecule has 0 saturated heterocycles. The van der Waals surface area contributed by atoms with Crippen LogP contribution < -0.4 is 4.90 Å². The highest BCUT2D eigenvalue weighted by atomic mass is 16.3. The second-order valence-electron chi connectivity index (χ2n) is 7.28. The van der Waals surface area contributed by atoms with Crippen LogP contribution >= 0.6 is 0 Å². The molecule has 0 spiro atoms. The normalized spacial score (nSPS) is 25.9. The highest BCUT2D eigenvalue weighted by Crippen LogP contribution is 2.47. The third-order valence-corrected chi connectivity index (χ3v) is 5.35. The molecule has 142 valence electrons. The Morgan fingerprint density at radius 2 is 1.69 bits per heavy atom. The molecule has 1 aromatic rings. The van der Waals surface area contributed by atoms with Crippen LogP contribution in [0.2, 0.25) is 0 Å². The lowest BCUT2D eigenvalue weighted by molar-refractivity contribution is -0.132. The van der Waals surface area contributed by atoms with Crippen LogP contribution in [0.3, 0.4) is 0 Å². The quantitative estimate of drug-likeness (QED) is 0.814. The van der Waals surface area contributed by atoms with E-state index in [9.17, 15) is 19.8 Å². The number of Topliss-reactive ketones (excluding diaryl/α,β-unsaturated/α-hetero) is 2. The van der Waals surface area contributed by atoms with E-state index in [0.29, 0.717) is 0 Å². The maximum absolute atomic E-state index is 12.4. The second-order valence-corrected chi connectivity index (χ2v) is 7.28. The van der Waals surface area contributed by atoms with Gasteiger partial charge in [0, 0.05) is 36.7 Å². The van der Waals surface area contributed by atoms with E-state index in [1.807, 2.05) is 24.3 Å². The topological polar surface area (TPSA) is 77.8 Å².